The summed E-state index contributed by atoms with van der Waals surface area (Å²) < 4.78 is 12.4. The maximum Gasteiger partial charge on any atom is 0.408 e. The molecule has 0 fully saturated rings. The van der Waals surface area contributed by atoms with Crippen LogP contribution in [0.15, 0.2) is 36.7 Å². The number of amides is 2. The number of carbonyl (C=O) groups is 2. The number of nitrogens with one attached hydrogen (secondary N) is 2. The summed E-state index contributed by atoms with van der Waals surface area (Å²) in [5, 5.41) is 15.8. The van der Waals surface area contributed by atoms with Crippen molar-refractivity contribution in [1.82, 2.24) is 14.7 Å². The van der Waals surface area contributed by atoms with E-state index in [1.807, 2.05) is 20.0 Å². The van der Waals surface area contributed by atoms with Crippen LogP contribution in [-0.2, 0) is 16.1 Å². The van der Waals surface area contributed by atoms with Gasteiger partial charge >= 0.3 is 6.09 Å². The Balaban J connectivity index is 1.85. The van der Waals surface area contributed by atoms with Gasteiger partial charge in [-0.25, -0.2) is 9.78 Å². The van der Waals surface area contributed by atoms with Crippen molar-refractivity contribution in [3.63, 3.8) is 0 Å². The van der Waals surface area contributed by atoms with E-state index < -0.39 is 17.7 Å². The molecule has 0 saturated heterocycles. The highest BCUT2D eigenvalue weighted by molar-refractivity contribution is 6.32. The zero-order valence-electron chi connectivity index (χ0n) is 21.4. The molecule has 36 heavy (non-hydrogen) atoms. The monoisotopic (exact) mass is 516 g/mol. The lowest BCUT2D eigenvalue weighted by Gasteiger charge is -2.26. The Kier molecular flexibility index (Phi) is 8.47. The molecule has 0 aliphatic heterocycles. The summed E-state index contributed by atoms with van der Waals surface area (Å²) in [6, 6.07) is 6.08. The Bertz CT molecular complexity index is 1250. The van der Waals surface area contributed by atoms with E-state index in [4.69, 9.17) is 21.1 Å². The number of aromatic nitrogens is 2. The number of hydrogen-bond donors (Lipinski definition) is 3. The molecule has 0 unspecified atom stereocenters. The maximum absolute atomic E-state index is 13.1. The number of nitrogens with zero attached hydrogens (tertiary/aromatic N) is 2. The Morgan fingerprint density at radius 1 is 1.25 bits per heavy atom. The largest absolute Gasteiger partial charge is 0.495 e. The number of hydrogen-bond acceptors (Lipinski definition) is 6. The molecule has 2 aromatic heterocycles. The summed E-state index contributed by atoms with van der Waals surface area (Å²) in [6.07, 6.45) is 3.62. The predicted octanol–water partition coefficient (Wildman–Crippen LogP) is 5.03. The van der Waals surface area contributed by atoms with Crippen molar-refractivity contribution in [3.05, 3.63) is 47.2 Å². The number of fused-ring (bicyclic) bond motifs is 1. The van der Waals surface area contributed by atoms with Crippen LogP contribution >= 0.6 is 11.6 Å². The Morgan fingerprint density at radius 2 is 1.97 bits per heavy atom. The molecule has 3 rings (SSSR count). The predicted molar refractivity (Wildman–Crippen MR) is 139 cm³/mol. The summed E-state index contributed by atoms with van der Waals surface area (Å²) in [5.74, 6) is 0.000856. The van der Waals surface area contributed by atoms with Crippen LogP contribution in [0.3, 0.4) is 0 Å². The number of benzene rings is 1. The molecule has 9 nitrogen and oxygen atoms in total. The highest BCUT2D eigenvalue weighted by Gasteiger charge is 2.28. The van der Waals surface area contributed by atoms with Crippen LogP contribution in [-0.4, -0.2) is 45.2 Å². The third-order valence-electron chi connectivity index (χ3n) is 5.72. The molecule has 0 aliphatic carbocycles. The normalized spacial score (nSPS) is 13.2. The number of aliphatic hydroxyl groups excluding tert-OH is 1. The highest BCUT2D eigenvalue weighted by atomic mass is 35.5. The van der Waals surface area contributed by atoms with Crippen molar-refractivity contribution < 1.29 is 24.2 Å². The van der Waals surface area contributed by atoms with E-state index in [9.17, 15) is 14.7 Å². The van der Waals surface area contributed by atoms with Crippen LogP contribution in [0.1, 0.15) is 46.6 Å². The van der Waals surface area contributed by atoms with Crippen molar-refractivity contribution in [2.24, 2.45) is 5.92 Å². The fraction of sp³-hybridized carbons (Fsp3) is 0.423. The van der Waals surface area contributed by atoms with Gasteiger partial charge in [-0.2, -0.15) is 0 Å². The van der Waals surface area contributed by atoms with E-state index in [1.165, 1.54) is 7.11 Å². The zero-order chi connectivity index (χ0) is 26.6. The van der Waals surface area contributed by atoms with E-state index in [0.717, 1.165) is 0 Å². The molecule has 0 bridgehead atoms. The lowest BCUT2D eigenvalue weighted by atomic mass is 9.98. The number of aliphatic hydroxyl groups is 1. The number of alkyl carbamates (subject to hydrolysis) is 1. The molecule has 3 aromatic rings. The minimum atomic E-state index is -0.773. The second-order valence-corrected chi connectivity index (χ2v) is 10.0. The molecule has 0 spiro atoms. The quantitative estimate of drug-likeness (QED) is 0.386. The minimum absolute atomic E-state index is 0.115. The van der Waals surface area contributed by atoms with Gasteiger partial charge in [0.2, 0.25) is 5.91 Å². The number of carbonyl (C=O) groups excluding carboxylic acids is 2. The molecule has 2 atom stereocenters. The molecule has 2 amide bonds. The standard InChI is InChI=1S/C26H33ClN4O5/c1-7-15(2)23(30-25(34)36-26(3,4)5)24(33)28-17-8-9-31-13-20(29-22(31)11-17)18-12-19(27)21(35-6)10-16(18)14-32/h8-13,15,23,32H,7,14H2,1-6H3,(H,28,33)(H,30,34)/t15-,23+/m1/s1. The Labute approximate surface area is 215 Å². The third kappa shape index (κ3) is 6.47. The highest BCUT2D eigenvalue weighted by Crippen LogP contribution is 2.34. The van der Waals surface area contributed by atoms with E-state index in [0.29, 0.717) is 45.3 Å². The molecule has 0 radical (unpaired) electrons. The fourth-order valence-corrected chi connectivity index (χ4v) is 3.91. The first kappa shape index (κ1) is 27.3. The summed E-state index contributed by atoms with van der Waals surface area (Å²) in [4.78, 5) is 30.1. The molecule has 0 saturated carbocycles. The van der Waals surface area contributed by atoms with Gasteiger partial charge in [0.25, 0.3) is 0 Å². The van der Waals surface area contributed by atoms with Crippen LogP contribution in [0.25, 0.3) is 16.9 Å². The lowest BCUT2D eigenvalue weighted by Crippen LogP contribution is -2.49. The van der Waals surface area contributed by atoms with E-state index >= 15 is 0 Å². The molecule has 194 valence electrons. The minimum Gasteiger partial charge on any atom is -0.495 e. The Morgan fingerprint density at radius 3 is 2.58 bits per heavy atom. The molecule has 0 aliphatic rings. The van der Waals surface area contributed by atoms with Gasteiger partial charge in [-0.1, -0.05) is 31.9 Å². The van der Waals surface area contributed by atoms with E-state index in [-0.39, 0.29) is 18.4 Å². The topological polar surface area (TPSA) is 114 Å². The van der Waals surface area contributed by atoms with Gasteiger partial charge in [-0.05, 0) is 50.5 Å². The zero-order valence-corrected chi connectivity index (χ0v) is 22.1. The third-order valence-corrected chi connectivity index (χ3v) is 6.01. The number of methoxy groups -OCH3 is 1. The van der Waals surface area contributed by atoms with Gasteiger partial charge in [0.15, 0.2) is 0 Å². The lowest BCUT2D eigenvalue weighted by molar-refractivity contribution is -0.119. The van der Waals surface area contributed by atoms with Crippen molar-refractivity contribution in [2.45, 2.75) is 59.3 Å². The van der Waals surface area contributed by atoms with Gasteiger partial charge < -0.3 is 29.6 Å². The van der Waals surface area contributed by atoms with Crippen molar-refractivity contribution >= 4 is 34.9 Å². The van der Waals surface area contributed by atoms with Crippen LogP contribution in [0.2, 0.25) is 5.02 Å². The van der Waals surface area contributed by atoms with Crippen LogP contribution in [0.4, 0.5) is 10.5 Å². The van der Waals surface area contributed by atoms with E-state index in [2.05, 4.69) is 15.6 Å². The van der Waals surface area contributed by atoms with Gasteiger partial charge in [-0.15, -0.1) is 0 Å². The second kappa shape index (κ2) is 11.2. The SMILES string of the molecule is CC[C@@H](C)[C@H](NC(=O)OC(C)(C)C)C(=O)Nc1ccn2cc(-c3cc(Cl)c(OC)cc3CO)nc2c1. The second-order valence-electron chi connectivity index (χ2n) is 9.61. The molecule has 1 aromatic carbocycles. The molecule has 10 heteroatoms. The number of halogens is 1. The number of anilines is 1. The molecule has 3 N–H and O–H groups in total. The summed E-state index contributed by atoms with van der Waals surface area (Å²) in [5.41, 5.74) is 2.34. The van der Waals surface area contributed by atoms with Gasteiger partial charge in [0.05, 0.1) is 24.4 Å². The molecular formula is C26H33ClN4O5. The first-order chi connectivity index (χ1) is 16.9. The van der Waals surface area contributed by atoms with Crippen LogP contribution < -0.4 is 15.4 Å². The average Bonchev–Trinajstić information content (AvgIpc) is 3.24. The fourth-order valence-electron chi connectivity index (χ4n) is 3.67. The van der Waals surface area contributed by atoms with Gasteiger partial charge in [0, 0.05) is 29.7 Å². The number of imidazole rings is 1. The molecule has 2 heterocycles. The van der Waals surface area contributed by atoms with Gasteiger partial charge in [-0.3, -0.25) is 4.79 Å². The number of rotatable bonds is 8. The Hall–Kier alpha value is -3.30. The number of ether oxygens (including phenoxy) is 2. The first-order valence-electron chi connectivity index (χ1n) is 11.7. The number of pyridine rings is 1. The van der Waals surface area contributed by atoms with Crippen molar-refractivity contribution in [3.8, 4) is 17.0 Å². The average molecular weight is 517 g/mol. The van der Waals surface area contributed by atoms with Gasteiger partial charge in [0.1, 0.15) is 23.0 Å². The summed E-state index contributed by atoms with van der Waals surface area (Å²) >= 11 is 6.30. The van der Waals surface area contributed by atoms with Crippen molar-refractivity contribution in [1.29, 1.82) is 0 Å². The van der Waals surface area contributed by atoms with Crippen LogP contribution in [0, 0.1) is 5.92 Å². The van der Waals surface area contributed by atoms with Crippen LogP contribution in [0.5, 0.6) is 5.75 Å². The maximum atomic E-state index is 13.1. The molecular weight excluding hydrogens is 484 g/mol. The summed E-state index contributed by atoms with van der Waals surface area (Å²) in [7, 11) is 1.51. The first-order valence-corrected chi connectivity index (χ1v) is 12.1. The van der Waals surface area contributed by atoms with E-state index in [1.54, 1.807) is 55.6 Å². The van der Waals surface area contributed by atoms with Crippen molar-refractivity contribution in [2.75, 3.05) is 12.4 Å². The summed E-state index contributed by atoms with van der Waals surface area (Å²) in [6.45, 7) is 8.93. The smallest absolute Gasteiger partial charge is 0.408 e.